The molecule has 0 saturated carbocycles. The van der Waals surface area contributed by atoms with Gasteiger partial charge in [-0.1, -0.05) is 36.4 Å². The summed E-state index contributed by atoms with van der Waals surface area (Å²) < 4.78 is 9.35. The first-order valence-corrected chi connectivity index (χ1v) is 7.33. The Labute approximate surface area is 125 Å². The molecule has 0 atom stereocenters. The number of aromatic nitrogens is 2. The standard InChI is InChI=1S/C16H21BN2O2/c1-4-21-15(20)14(12-13-8-6-5-7-9-13)17-16-18(2)10-11-19(16)3/h5-12H,4,17H2,1-3H3/b14-12-. The van der Waals surface area contributed by atoms with Crippen LogP contribution in [0.3, 0.4) is 0 Å². The zero-order valence-corrected chi connectivity index (χ0v) is 13.0. The molecule has 0 amide bonds. The molecular formula is C16H21BN2O2. The first kappa shape index (κ1) is 15.1. The lowest BCUT2D eigenvalue weighted by Gasteiger charge is -2.12. The number of ether oxygens (including phenoxy) is 1. The number of esters is 1. The van der Waals surface area contributed by atoms with E-state index in [4.69, 9.17) is 4.74 Å². The van der Waals surface area contributed by atoms with Gasteiger partial charge in [0.1, 0.15) is 19.7 Å². The van der Waals surface area contributed by atoms with Gasteiger partial charge in [0.25, 0.3) is 5.97 Å². The van der Waals surface area contributed by atoms with Crippen molar-refractivity contribution in [2.75, 3.05) is 6.61 Å². The van der Waals surface area contributed by atoms with Crippen molar-refractivity contribution >= 4 is 25.0 Å². The Morgan fingerprint density at radius 3 is 2.67 bits per heavy atom. The Morgan fingerprint density at radius 1 is 1.38 bits per heavy atom. The molecule has 1 heterocycles. The first-order chi connectivity index (χ1) is 10.1. The molecule has 0 aliphatic rings. The number of hydrogen-bond acceptors (Lipinski definition) is 2. The quantitative estimate of drug-likeness (QED) is 0.341. The Balaban J connectivity index is 2.33. The van der Waals surface area contributed by atoms with Crippen LogP contribution in [0.25, 0.3) is 6.08 Å². The van der Waals surface area contributed by atoms with Crippen molar-refractivity contribution in [3.63, 3.8) is 0 Å². The van der Waals surface area contributed by atoms with Crippen LogP contribution in [0, 0.1) is 0 Å². The normalized spacial score (nSPS) is 11.5. The van der Waals surface area contributed by atoms with Gasteiger partial charge in [-0.2, -0.15) is 0 Å². The molecule has 5 heteroatoms. The molecule has 1 aromatic carbocycles. The van der Waals surface area contributed by atoms with Crippen molar-refractivity contribution in [2.24, 2.45) is 14.1 Å². The van der Waals surface area contributed by atoms with Crippen molar-refractivity contribution in [2.45, 2.75) is 6.92 Å². The molecule has 0 saturated heterocycles. The molecule has 2 aromatic rings. The van der Waals surface area contributed by atoms with Crippen LogP contribution < -0.4 is 10.3 Å². The third-order valence-electron chi connectivity index (χ3n) is 3.81. The summed E-state index contributed by atoms with van der Waals surface area (Å²) in [6.45, 7) is 2.23. The summed E-state index contributed by atoms with van der Waals surface area (Å²) in [6, 6.07) is 9.90. The van der Waals surface area contributed by atoms with Gasteiger partial charge in [-0.15, -0.1) is 5.47 Å². The summed E-state index contributed by atoms with van der Waals surface area (Å²) in [4.78, 5) is 12.2. The van der Waals surface area contributed by atoms with Gasteiger partial charge in [0.05, 0.1) is 26.4 Å². The van der Waals surface area contributed by atoms with Crippen LogP contribution in [-0.2, 0) is 23.6 Å². The van der Waals surface area contributed by atoms with Gasteiger partial charge < -0.3 is 4.74 Å². The van der Waals surface area contributed by atoms with Crippen LogP contribution in [0.15, 0.2) is 48.2 Å². The molecular weight excluding hydrogens is 263 g/mol. The molecule has 2 rings (SSSR count). The lowest BCUT2D eigenvalue weighted by Crippen LogP contribution is -2.50. The Hall–Kier alpha value is -2.30. The van der Waals surface area contributed by atoms with Crippen molar-refractivity contribution < 1.29 is 14.1 Å². The van der Waals surface area contributed by atoms with Crippen LogP contribution in [0.2, 0.25) is 0 Å². The predicted octanol–water partition coefficient (Wildman–Crippen LogP) is 0.248. The van der Waals surface area contributed by atoms with Gasteiger partial charge in [0, 0.05) is 0 Å². The van der Waals surface area contributed by atoms with Gasteiger partial charge in [0.15, 0.2) is 0 Å². The van der Waals surface area contributed by atoms with E-state index in [0.29, 0.717) is 6.61 Å². The highest BCUT2D eigenvalue weighted by Gasteiger charge is 2.13. The van der Waals surface area contributed by atoms with Gasteiger partial charge in [-0.05, 0) is 12.5 Å². The highest BCUT2D eigenvalue weighted by molar-refractivity contribution is 6.65. The topological polar surface area (TPSA) is 35.1 Å². The molecule has 1 aromatic heterocycles. The fraction of sp³-hybridized carbons (Fsp3) is 0.250. The molecule has 0 fully saturated rings. The maximum absolute atomic E-state index is 12.2. The minimum Gasteiger partial charge on any atom is -0.465 e. The van der Waals surface area contributed by atoms with Crippen LogP contribution in [0.1, 0.15) is 12.5 Å². The molecule has 0 radical (unpaired) electrons. The Kier molecular flexibility index (Phi) is 4.98. The second-order valence-electron chi connectivity index (χ2n) is 5.28. The summed E-state index contributed by atoms with van der Waals surface area (Å²) in [5, 5.41) is 0. The van der Waals surface area contributed by atoms with E-state index in [9.17, 15) is 4.79 Å². The number of hydrogen-bond donors (Lipinski definition) is 0. The SMILES string of the molecule is CCOC(=O)/C([BH2-]c1n(C)cc[n+]1C)=C/c1ccccc1. The second kappa shape index (κ2) is 6.93. The number of carbonyl (C=O) groups excluding carboxylic acids is 1. The molecule has 110 valence electrons. The smallest absolute Gasteiger partial charge is 0.294 e. The number of rotatable bonds is 5. The fourth-order valence-corrected chi connectivity index (χ4v) is 2.54. The van der Waals surface area contributed by atoms with E-state index in [2.05, 4.69) is 9.13 Å². The monoisotopic (exact) mass is 284 g/mol. The molecule has 0 N–H and O–H groups in total. The fourth-order valence-electron chi connectivity index (χ4n) is 2.54. The maximum atomic E-state index is 12.2. The lowest BCUT2D eigenvalue weighted by molar-refractivity contribution is -0.652. The average molecular weight is 284 g/mol. The number of carbonyl (C=O) groups is 1. The summed E-state index contributed by atoms with van der Waals surface area (Å²) in [5.41, 5.74) is 2.98. The molecule has 21 heavy (non-hydrogen) atoms. The molecule has 0 unspecified atom stereocenters. The van der Waals surface area contributed by atoms with E-state index in [1.54, 1.807) is 0 Å². The van der Waals surface area contributed by atoms with Gasteiger partial charge in [-0.3, -0.25) is 13.9 Å². The van der Waals surface area contributed by atoms with Crippen molar-refractivity contribution in [1.82, 2.24) is 4.57 Å². The Bertz CT molecular complexity index is 628. The number of benzene rings is 1. The molecule has 0 bridgehead atoms. The lowest BCUT2D eigenvalue weighted by atomic mass is 9.67. The van der Waals surface area contributed by atoms with Crippen LogP contribution in [0.4, 0.5) is 0 Å². The second-order valence-corrected chi connectivity index (χ2v) is 5.28. The zero-order valence-electron chi connectivity index (χ0n) is 13.0. The van der Waals surface area contributed by atoms with Gasteiger partial charge in [-0.25, -0.2) is 0 Å². The largest absolute Gasteiger partial charge is 0.465 e. The van der Waals surface area contributed by atoms with Crippen molar-refractivity contribution in [3.05, 3.63) is 53.8 Å². The third kappa shape index (κ3) is 3.84. The van der Waals surface area contributed by atoms with E-state index in [1.807, 2.05) is 69.8 Å². The van der Waals surface area contributed by atoms with E-state index in [-0.39, 0.29) is 5.97 Å². The van der Waals surface area contributed by atoms with E-state index in [0.717, 1.165) is 11.0 Å². The summed E-state index contributed by atoms with van der Waals surface area (Å²) in [7, 11) is 3.24. The van der Waals surface area contributed by atoms with E-state index < -0.39 is 7.28 Å². The number of nitrogens with zero attached hydrogens (tertiary/aromatic N) is 2. The number of aryl methyl sites for hydroxylation is 2. The minimum atomic E-state index is -0.767. The van der Waals surface area contributed by atoms with Crippen LogP contribution in [0.5, 0.6) is 0 Å². The van der Waals surface area contributed by atoms with Crippen molar-refractivity contribution in [1.29, 1.82) is 0 Å². The Morgan fingerprint density at radius 2 is 2.10 bits per heavy atom. The highest BCUT2D eigenvalue weighted by atomic mass is 16.5. The summed E-state index contributed by atoms with van der Waals surface area (Å²) >= 11 is 0. The van der Waals surface area contributed by atoms with Crippen LogP contribution >= 0.6 is 0 Å². The van der Waals surface area contributed by atoms with E-state index in [1.165, 1.54) is 5.72 Å². The highest BCUT2D eigenvalue weighted by Crippen LogP contribution is 2.07. The maximum Gasteiger partial charge on any atom is 0.294 e. The minimum absolute atomic E-state index is 0.206. The third-order valence-corrected chi connectivity index (χ3v) is 3.81. The molecule has 0 spiro atoms. The van der Waals surface area contributed by atoms with Gasteiger partial charge >= 0.3 is 0 Å². The molecule has 0 aliphatic carbocycles. The predicted molar refractivity (Wildman–Crippen MR) is 85.8 cm³/mol. The summed E-state index contributed by atoms with van der Waals surface area (Å²) in [5.74, 6) is -0.206. The average Bonchev–Trinajstić information content (AvgIpc) is 2.79. The van der Waals surface area contributed by atoms with E-state index >= 15 is 0 Å². The molecule has 4 nitrogen and oxygen atoms in total. The van der Waals surface area contributed by atoms with Crippen LogP contribution in [-0.4, -0.2) is 24.4 Å². The van der Waals surface area contributed by atoms with Crippen molar-refractivity contribution in [3.8, 4) is 0 Å². The number of imidazole rings is 1. The zero-order chi connectivity index (χ0) is 15.2. The van der Waals surface area contributed by atoms with Gasteiger partial charge in [0.2, 0.25) is 0 Å². The molecule has 0 aliphatic heterocycles. The first-order valence-electron chi connectivity index (χ1n) is 7.33. The summed E-state index contributed by atoms with van der Waals surface area (Å²) in [6.07, 6.45) is 5.96.